The maximum atomic E-state index is 11.0. The van der Waals surface area contributed by atoms with Crippen LogP contribution < -0.4 is 4.74 Å². The Labute approximate surface area is 157 Å². The zero-order valence-corrected chi connectivity index (χ0v) is 15.6. The van der Waals surface area contributed by atoms with E-state index in [2.05, 4.69) is 18.2 Å². The van der Waals surface area contributed by atoms with Crippen LogP contribution in [0.3, 0.4) is 0 Å². The second kappa shape index (κ2) is 6.46. The highest BCUT2D eigenvalue weighted by molar-refractivity contribution is 8.14. The maximum absolute atomic E-state index is 11.0. The molecule has 5 heteroatoms. The van der Waals surface area contributed by atoms with Gasteiger partial charge in [0.25, 0.3) is 0 Å². The van der Waals surface area contributed by atoms with Gasteiger partial charge >= 0.3 is 0 Å². The van der Waals surface area contributed by atoms with Crippen molar-refractivity contribution in [3.63, 3.8) is 0 Å². The molecule has 2 aliphatic heterocycles. The molecule has 0 unspecified atom stereocenters. The average Bonchev–Trinajstić information content (AvgIpc) is 2.65. The maximum Gasteiger partial charge on any atom is 0.131 e. The number of aliphatic imine (C=N–C) groups is 1. The van der Waals surface area contributed by atoms with Crippen molar-refractivity contribution in [2.45, 2.75) is 37.2 Å². The number of benzene rings is 2. The smallest absolute Gasteiger partial charge is 0.131 e. The fourth-order valence-electron chi connectivity index (χ4n) is 3.47. The number of ether oxygens (including phenoxy) is 1. The van der Waals surface area contributed by atoms with E-state index in [1.807, 2.05) is 38.1 Å². The van der Waals surface area contributed by atoms with E-state index in [0.29, 0.717) is 5.56 Å². The molecule has 0 spiro atoms. The van der Waals surface area contributed by atoms with Gasteiger partial charge in [-0.2, -0.15) is 5.26 Å². The first-order chi connectivity index (χ1) is 12.5. The summed E-state index contributed by atoms with van der Waals surface area (Å²) in [5.41, 5.74) is 3.13. The monoisotopic (exact) mass is 364 g/mol. The summed E-state index contributed by atoms with van der Waals surface area (Å²) in [4.78, 5) is 4.73. The van der Waals surface area contributed by atoms with Gasteiger partial charge in [-0.1, -0.05) is 36.0 Å². The molecule has 0 aliphatic carbocycles. The number of nitriles is 1. The summed E-state index contributed by atoms with van der Waals surface area (Å²) >= 11 is 1.57. The number of rotatable bonds is 1. The normalized spacial score (nSPS) is 23.1. The van der Waals surface area contributed by atoms with Gasteiger partial charge in [-0.05, 0) is 44.0 Å². The molecule has 0 saturated carbocycles. The summed E-state index contributed by atoms with van der Waals surface area (Å²) in [6.07, 6.45) is 0.225. The molecule has 4 rings (SSSR count). The average molecular weight is 364 g/mol. The molecular formula is C21H20N2O2S. The van der Waals surface area contributed by atoms with Crippen molar-refractivity contribution in [3.05, 3.63) is 64.7 Å². The third-order valence-corrected chi connectivity index (χ3v) is 6.28. The second-order valence-electron chi connectivity index (χ2n) is 7.15. The quantitative estimate of drug-likeness (QED) is 0.834. The van der Waals surface area contributed by atoms with Crippen LogP contribution in [0.15, 0.2) is 47.5 Å². The van der Waals surface area contributed by atoms with E-state index in [0.717, 1.165) is 34.9 Å². The van der Waals surface area contributed by atoms with E-state index in [1.54, 1.807) is 17.8 Å². The van der Waals surface area contributed by atoms with E-state index in [4.69, 9.17) is 9.73 Å². The highest BCUT2D eigenvalue weighted by Gasteiger charge is 2.44. The van der Waals surface area contributed by atoms with Gasteiger partial charge in [0.1, 0.15) is 17.5 Å². The Hall–Kier alpha value is -2.29. The Bertz CT molecular complexity index is 930. The van der Waals surface area contributed by atoms with Crippen molar-refractivity contribution >= 4 is 16.8 Å². The molecule has 2 aromatic carbocycles. The van der Waals surface area contributed by atoms with Crippen LogP contribution in [0, 0.1) is 11.3 Å². The molecule has 0 saturated heterocycles. The van der Waals surface area contributed by atoms with Crippen molar-refractivity contribution < 1.29 is 9.84 Å². The minimum atomic E-state index is -0.717. The van der Waals surface area contributed by atoms with E-state index in [1.165, 1.54) is 5.56 Å². The number of hydrogen-bond acceptors (Lipinski definition) is 5. The summed E-state index contributed by atoms with van der Waals surface area (Å²) < 4.78 is 6.01. The fraction of sp³-hybridized carbons (Fsp3) is 0.333. The molecule has 2 aliphatic rings. The van der Waals surface area contributed by atoms with E-state index < -0.39 is 11.7 Å². The largest absolute Gasteiger partial charge is 0.485 e. The first-order valence-corrected chi connectivity index (χ1v) is 9.58. The molecule has 0 aromatic heterocycles. The van der Waals surface area contributed by atoms with Gasteiger partial charge in [0.15, 0.2) is 0 Å². The summed E-state index contributed by atoms with van der Waals surface area (Å²) in [6.45, 7) is 4.54. The van der Waals surface area contributed by atoms with E-state index >= 15 is 0 Å². The standard InChI is InChI=1S/C21H20N2O2S/c1-21(2)19(24)18(16-11-13(12-22)7-8-17(16)25-21)26-20-15-6-4-3-5-14(15)9-10-23-20/h3-8,11,18-19,24H,9-10H2,1-2H3/t18-,19-/m1/s1. The van der Waals surface area contributed by atoms with Gasteiger partial charge < -0.3 is 9.84 Å². The minimum absolute atomic E-state index is 0.244. The third kappa shape index (κ3) is 2.90. The van der Waals surface area contributed by atoms with Crippen LogP contribution in [0.5, 0.6) is 5.75 Å². The minimum Gasteiger partial charge on any atom is -0.485 e. The zero-order valence-electron chi connectivity index (χ0n) is 14.8. The van der Waals surface area contributed by atoms with E-state index in [-0.39, 0.29) is 5.25 Å². The molecule has 0 amide bonds. The molecule has 2 atom stereocenters. The lowest BCUT2D eigenvalue weighted by Crippen LogP contribution is -2.48. The Kier molecular flexibility index (Phi) is 4.26. The van der Waals surface area contributed by atoms with Crippen LogP contribution in [0.25, 0.3) is 0 Å². The zero-order chi connectivity index (χ0) is 18.3. The SMILES string of the molecule is CC1(C)Oc2ccc(C#N)cc2[C@@H](SC2=NCCc3ccccc32)[C@H]1O. The Morgan fingerprint density at radius 2 is 2.08 bits per heavy atom. The van der Waals surface area contributed by atoms with Crippen molar-refractivity contribution in [1.29, 1.82) is 5.26 Å². The molecule has 1 N–H and O–H groups in total. The molecule has 2 heterocycles. The van der Waals surface area contributed by atoms with Crippen molar-refractivity contribution in [2.24, 2.45) is 4.99 Å². The van der Waals surface area contributed by atoms with Crippen LogP contribution >= 0.6 is 11.8 Å². The third-order valence-electron chi connectivity index (χ3n) is 4.94. The van der Waals surface area contributed by atoms with Gasteiger partial charge in [-0.3, -0.25) is 4.99 Å². The number of thioether (sulfide) groups is 1. The Morgan fingerprint density at radius 3 is 2.88 bits per heavy atom. The van der Waals surface area contributed by atoms with Gasteiger partial charge in [0.2, 0.25) is 0 Å². The summed E-state index contributed by atoms with van der Waals surface area (Å²) in [5, 5.41) is 21.0. The molecule has 2 aromatic rings. The van der Waals surface area contributed by atoms with Crippen LogP contribution in [-0.4, -0.2) is 28.4 Å². The molecule has 4 nitrogen and oxygen atoms in total. The fourth-order valence-corrected chi connectivity index (χ4v) is 4.97. The molecular weight excluding hydrogens is 344 g/mol. The molecule has 0 radical (unpaired) electrons. The van der Waals surface area contributed by atoms with E-state index in [9.17, 15) is 10.4 Å². The first-order valence-electron chi connectivity index (χ1n) is 8.70. The van der Waals surface area contributed by atoms with Crippen LogP contribution in [-0.2, 0) is 6.42 Å². The highest BCUT2D eigenvalue weighted by atomic mass is 32.2. The van der Waals surface area contributed by atoms with Gasteiger partial charge in [-0.25, -0.2) is 0 Å². The summed E-state index contributed by atoms with van der Waals surface area (Å²) in [6, 6.07) is 15.9. The predicted molar refractivity (Wildman–Crippen MR) is 104 cm³/mol. The number of hydrogen-bond donors (Lipinski definition) is 1. The first kappa shape index (κ1) is 17.1. The van der Waals surface area contributed by atoms with Crippen molar-refractivity contribution in [2.75, 3.05) is 6.54 Å². The van der Waals surface area contributed by atoms with Crippen LogP contribution in [0.1, 0.15) is 41.4 Å². The summed E-state index contributed by atoms with van der Waals surface area (Å²) in [5.74, 6) is 0.724. The van der Waals surface area contributed by atoms with Crippen LogP contribution in [0.2, 0.25) is 0 Å². The molecule has 26 heavy (non-hydrogen) atoms. The number of nitrogens with zero attached hydrogens (tertiary/aromatic N) is 2. The Morgan fingerprint density at radius 1 is 1.27 bits per heavy atom. The van der Waals surface area contributed by atoms with Crippen LogP contribution in [0.4, 0.5) is 0 Å². The second-order valence-corrected chi connectivity index (χ2v) is 8.28. The van der Waals surface area contributed by atoms with Gasteiger partial charge in [-0.15, -0.1) is 0 Å². The number of aliphatic hydroxyl groups excluding tert-OH is 1. The van der Waals surface area contributed by atoms with Crippen molar-refractivity contribution in [3.8, 4) is 11.8 Å². The lowest BCUT2D eigenvalue weighted by molar-refractivity contribution is -0.0428. The Balaban J connectivity index is 1.76. The molecule has 0 fully saturated rings. The highest BCUT2D eigenvalue weighted by Crippen LogP contribution is 2.48. The number of fused-ring (bicyclic) bond motifs is 2. The lowest BCUT2D eigenvalue weighted by atomic mass is 9.90. The molecule has 132 valence electrons. The van der Waals surface area contributed by atoms with Gasteiger partial charge in [0.05, 0.1) is 21.9 Å². The topological polar surface area (TPSA) is 65.6 Å². The van der Waals surface area contributed by atoms with Crippen molar-refractivity contribution in [1.82, 2.24) is 0 Å². The summed E-state index contributed by atoms with van der Waals surface area (Å²) in [7, 11) is 0. The van der Waals surface area contributed by atoms with Gasteiger partial charge in [0, 0.05) is 17.7 Å². The number of aliphatic hydroxyl groups is 1. The predicted octanol–water partition coefficient (Wildman–Crippen LogP) is 3.87. The lowest BCUT2D eigenvalue weighted by Gasteiger charge is -2.42. The molecule has 0 bridgehead atoms.